The molecule has 1 aromatic rings. The Balaban J connectivity index is 2.14. The molecule has 2 unspecified atom stereocenters. The van der Waals surface area contributed by atoms with Gasteiger partial charge in [0.2, 0.25) is 0 Å². The number of nitrogens with one attached hydrogen (secondary N) is 1. The first kappa shape index (κ1) is 13.5. The molecule has 1 N–H and O–H groups in total. The zero-order valence-electron chi connectivity index (χ0n) is 11.6. The molecule has 0 amide bonds. The lowest BCUT2D eigenvalue weighted by Crippen LogP contribution is -2.36. The monoisotopic (exact) mass is 252 g/mol. The maximum absolute atomic E-state index is 5.62. The van der Waals surface area contributed by atoms with Crippen molar-refractivity contribution < 1.29 is 4.74 Å². The van der Waals surface area contributed by atoms with Gasteiger partial charge in [0.05, 0.1) is 19.1 Å². The maximum atomic E-state index is 5.62. The van der Waals surface area contributed by atoms with Crippen LogP contribution in [0.15, 0.2) is 0 Å². The first-order valence-electron chi connectivity index (χ1n) is 6.98. The van der Waals surface area contributed by atoms with Crippen LogP contribution >= 0.6 is 0 Å². The second kappa shape index (κ2) is 6.29. The quantitative estimate of drug-likeness (QED) is 0.833. The Kier molecular flexibility index (Phi) is 4.72. The summed E-state index contributed by atoms with van der Waals surface area (Å²) in [5.41, 5.74) is 0. The fraction of sp³-hybridized carbons (Fsp3) is 0.846. The molecule has 0 radical (unpaired) electrons. The van der Waals surface area contributed by atoms with Crippen LogP contribution in [0, 0.1) is 6.92 Å². The van der Waals surface area contributed by atoms with Crippen LogP contribution < -0.4 is 5.32 Å². The summed E-state index contributed by atoms with van der Waals surface area (Å²) >= 11 is 0. The SMILES string of the molecule is CCCNC1COCC1c1nnc(C)n1CCC. The summed E-state index contributed by atoms with van der Waals surface area (Å²) in [6.07, 6.45) is 2.25. The van der Waals surface area contributed by atoms with Gasteiger partial charge in [-0.1, -0.05) is 13.8 Å². The highest BCUT2D eigenvalue weighted by molar-refractivity contribution is 5.07. The third-order valence-corrected chi connectivity index (χ3v) is 3.48. The van der Waals surface area contributed by atoms with Gasteiger partial charge in [0.15, 0.2) is 0 Å². The number of rotatable bonds is 6. The Morgan fingerprint density at radius 3 is 2.83 bits per heavy atom. The lowest BCUT2D eigenvalue weighted by molar-refractivity contribution is 0.187. The molecule has 1 aromatic heterocycles. The molecule has 2 rings (SSSR count). The van der Waals surface area contributed by atoms with Crippen molar-refractivity contribution in [2.45, 2.75) is 52.1 Å². The van der Waals surface area contributed by atoms with Crippen LogP contribution in [0.25, 0.3) is 0 Å². The van der Waals surface area contributed by atoms with Crippen molar-refractivity contribution in [1.82, 2.24) is 20.1 Å². The molecule has 0 saturated carbocycles. The van der Waals surface area contributed by atoms with Crippen molar-refractivity contribution in [3.05, 3.63) is 11.6 Å². The van der Waals surface area contributed by atoms with Gasteiger partial charge in [0, 0.05) is 12.6 Å². The summed E-state index contributed by atoms with van der Waals surface area (Å²) in [4.78, 5) is 0. The van der Waals surface area contributed by atoms with Crippen LogP contribution in [-0.2, 0) is 11.3 Å². The summed E-state index contributed by atoms with van der Waals surface area (Å²) in [7, 11) is 0. The van der Waals surface area contributed by atoms with E-state index in [-0.39, 0.29) is 0 Å². The van der Waals surface area contributed by atoms with E-state index in [4.69, 9.17) is 4.74 Å². The summed E-state index contributed by atoms with van der Waals surface area (Å²) in [5.74, 6) is 2.43. The van der Waals surface area contributed by atoms with Gasteiger partial charge in [-0.05, 0) is 26.3 Å². The first-order chi connectivity index (χ1) is 8.77. The second-order valence-corrected chi connectivity index (χ2v) is 4.96. The molecule has 0 spiro atoms. The molecule has 1 aliphatic rings. The Hall–Kier alpha value is -0.940. The van der Waals surface area contributed by atoms with E-state index in [0.717, 1.165) is 50.8 Å². The summed E-state index contributed by atoms with van der Waals surface area (Å²) in [6, 6.07) is 0.379. The molecule has 102 valence electrons. The minimum Gasteiger partial charge on any atom is -0.379 e. The number of hydrogen-bond donors (Lipinski definition) is 1. The highest BCUT2D eigenvalue weighted by Gasteiger charge is 2.33. The minimum absolute atomic E-state index is 0.337. The predicted octanol–water partition coefficient (Wildman–Crippen LogP) is 1.48. The Morgan fingerprint density at radius 2 is 2.11 bits per heavy atom. The van der Waals surface area contributed by atoms with Crippen molar-refractivity contribution in [3.8, 4) is 0 Å². The second-order valence-electron chi connectivity index (χ2n) is 4.96. The number of aromatic nitrogens is 3. The van der Waals surface area contributed by atoms with Gasteiger partial charge in [-0.2, -0.15) is 0 Å². The standard InChI is InChI=1S/C13H24N4O/c1-4-6-14-12-9-18-8-11(12)13-16-15-10(3)17(13)7-5-2/h11-12,14H,4-9H2,1-3H3. The maximum Gasteiger partial charge on any atom is 0.140 e. The van der Waals surface area contributed by atoms with E-state index in [2.05, 4.69) is 33.9 Å². The molecule has 0 bridgehead atoms. The van der Waals surface area contributed by atoms with E-state index in [1.165, 1.54) is 0 Å². The van der Waals surface area contributed by atoms with Gasteiger partial charge in [-0.3, -0.25) is 0 Å². The van der Waals surface area contributed by atoms with Gasteiger partial charge in [-0.15, -0.1) is 10.2 Å². The molecule has 5 nitrogen and oxygen atoms in total. The molecular formula is C13H24N4O. The molecular weight excluding hydrogens is 228 g/mol. The number of aryl methyl sites for hydroxylation is 1. The summed E-state index contributed by atoms with van der Waals surface area (Å²) in [6.45, 7) is 9.95. The van der Waals surface area contributed by atoms with Crippen LogP contribution in [0.4, 0.5) is 0 Å². The van der Waals surface area contributed by atoms with Crippen molar-refractivity contribution in [1.29, 1.82) is 0 Å². The zero-order chi connectivity index (χ0) is 13.0. The topological polar surface area (TPSA) is 52.0 Å². The molecule has 0 aromatic carbocycles. The Labute approximate surface area is 109 Å². The number of hydrogen-bond acceptors (Lipinski definition) is 4. The lowest BCUT2D eigenvalue weighted by atomic mass is 10.0. The van der Waals surface area contributed by atoms with Crippen LogP contribution in [0.2, 0.25) is 0 Å². The van der Waals surface area contributed by atoms with Gasteiger partial charge >= 0.3 is 0 Å². The van der Waals surface area contributed by atoms with Crippen LogP contribution in [0.1, 0.15) is 44.3 Å². The number of ether oxygens (including phenoxy) is 1. The smallest absolute Gasteiger partial charge is 0.140 e. The summed E-state index contributed by atoms with van der Waals surface area (Å²) in [5, 5.41) is 12.1. The average molecular weight is 252 g/mol. The van der Waals surface area contributed by atoms with Gasteiger partial charge in [0.25, 0.3) is 0 Å². The Morgan fingerprint density at radius 1 is 1.28 bits per heavy atom. The van der Waals surface area contributed by atoms with E-state index in [0.29, 0.717) is 12.0 Å². The van der Waals surface area contributed by atoms with E-state index in [1.54, 1.807) is 0 Å². The van der Waals surface area contributed by atoms with Gasteiger partial charge in [-0.25, -0.2) is 0 Å². The lowest BCUT2D eigenvalue weighted by Gasteiger charge is -2.19. The third kappa shape index (κ3) is 2.72. The van der Waals surface area contributed by atoms with Crippen molar-refractivity contribution >= 4 is 0 Å². The van der Waals surface area contributed by atoms with Gasteiger partial charge < -0.3 is 14.6 Å². The first-order valence-corrected chi connectivity index (χ1v) is 6.98. The predicted molar refractivity (Wildman–Crippen MR) is 70.7 cm³/mol. The highest BCUT2D eigenvalue weighted by Crippen LogP contribution is 2.25. The molecule has 1 saturated heterocycles. The van der Waals surface area contributed by atoms with Crippen LogP contribution in [0.3, 0.4) is 0 Å². The molecule has 2 atom stereocenters. The minimum atomic E-state index is 0.337. The molecule has 1 fully saturated rings. The largest absolute Gasteiger partial charge is 0.379 e. The molecule has 1 aliphatic heterocycles. The van der Waals surface area contributed by atoms with Crippen molar-refractivity contribution in [2.75, 3.05) is 19.8 Å². The van der Waals surface area contributed by atoms with E-state index >= 15 is 0 Å². The van der Waals surface area contributed by atoms with Crippen molar-refractivity contribution in [2.24, 2.45) is 0 Å². The zero-order valence-corrected chi connectivity index (χ0v) is 11.6. The fourth-order valence-corrected chi connectivity index (χ4v) is 2.51. The third-order valence-electron chi connectivity index (χ3n) is 3.48. The molecule has 0 aliphatic carbocycles. The van der Waals surface area contributed by atoms with Crippen molar-refractivity contribution in [3.63, 3.8) is 0 Å². The van der Waals surface area contributed by atoms with Gasteiger partial charge in [0.1, 0.15) is 11.6 Å². The molecule has 18 heavy (non-hydrogen) atoms. The normalized spacial score (nSPS) is 23.7. The van der Waals surface area contributed by atoms with E-state index in [1.807, 2.05) is 6.92 Å². The Bertz CT molecular complexity index is 377. The van der Waals surface area contributed by atoms with Crippen LogP contribution in [-0.4, -0.2) is 40.6 Å². The molecule has 2 heterocycles. The summed E-state index contributed by atoms with van der Waals surface area (Å²) < 4.78 is 7.86. The van der Waals surface area contributed by atoms with Crippen LogP contribution in [0.5, 0.6) is 0 Å². The van der Waals surface area contributed by atoms with E-state index < -0.39 is 0 Å². The van der Waals surface area contributed by atoms with E-state index in [9.17, 15) is 0 Å². The fourth-order valence-electron chi connectivity index (χ4n) is 2.51. The average Bonchev–Trinajstić information content (AvgIpc) is 2.95. The number of nitrogens with zero attached hydrogens (tertiary/aromatic N) is 3. The highest BCUT2D eigenvalue weighted by atomic mass is 16.5. The molecule has 5 heteroatoms.